The van der Waals surface area contributed by atoms with E-state index in [1.807, 2.05) is 0 Å². The van der Waals surface area contributed by atoms with Crippen LogP contribution in [-0.2, 0) is 23.8 Å². The van der Waals surface area contributed by atoms with Gasteiger partial charge in [-0.15, -0.1) is 0 Å². The number of ether oxygens (including phenoxy) is 2. The van der Waals surface area contributed by atoms with Gasteiger partial charge in [0.05, 0.1) is 25.7 Å². The molecule has 0 atom stereocenters. The number of hydrogen-bond acceptors (Lipinski definition) is 5. The quantitative estimate of drug-likeness (QED) is 0.655. The summed E-state index contributed by atoms with van der Waals surface area (Å²) in [6.45, 7) is 3.85. The molecule has 0 spiro atoms. The Kier molecular flexibility index (Phi) is 3.18. The van der Waals surface area contributed by atoms with E-state index in [1.165, 1.54) is 6.26 Å². The lowest BCUT2D eigenvalue weighted by Gasteiger charge is -2.29. The summed E-state index contributed by atoms with van der Waals surface area (Å²) in [7, 11) is -3.40. The molecule has 0 aromatic rings. The summed E-state index contributed by atoms with van der Waals surface area (Å²) in [5.74, 6) is -0.644. The molecule has 82 valence electrons. The van der Waals surface area contributed by atoms with Crippen LogP contribution in [0.25, 0.3) is 0 Å². The molecule has 0 aromatic carbocycles. The zero-order chi connectivity index (χ0) is 10.8. The Balaban J connectivity index is 2.46. The Morgan fingerprint density at radius 2 is 2.21 bits per heavy atom. The maximum absolute atomic E-state index is 10.7. The monoisotopic (exact) mass is 222 g/mol. The molecule has 6 heteroatoms. The summed E-state index contributed by atoms with van der Waals surface area (Å²) >= 11 is 0. The van der Waals surface area contributed by atoms with Crippen LogP contribution in [0, 0.1) is 0 Å². The van der Waals surface area contributed by atoms with Crippen molar-refractivity contribution in [1.82, 2.24) is 0 Å². The molecule has 0 amide bonds. The highest BCUT2D eigenvalue weighted by Crippen LogP contribution is 2.19. The molecule has 5 nitrogen and oxygen atoms in total. The van der Waals surface area contributed by atoms with Crippen molar-refractivity contribution in [3.05, 3.63) is 11.8 Å². The van der Waals surface area contributed by atoms with Crippen molar-refractivity contribution in [3.63, 3.8) is 0 Å². The number of rotatable bonds is 3. The molecule has 0 unspecified atom stereocenters. The first kappa shape index (κ1) is 11.5. The maximum atomic E-state index is 10.7. The van der Waals surface area contributed by atoms with Gasteiger partial charge in [-0.2, -0.15) is 8.42 Å². The summed E-state index contributed by atoms with van der Waals surface area (Å²) < 4.78 is 36.4. The molecule has 0 saturated heterocycles. The van der Waals surface area contributed by atoms with Crippen LogP contribution >= 0.6 is 0 Å². The van der Waals surface area contributed by atoms with Crippen molar-refractivity contribution in [2.45, 2.75) is 19.6 Å². The Hall–Kier alpha value is -0.590. The average Bonchev–Trinajstić information content (AvgIpc) is 2.01. The minimum absolute atomic E-state index is 0.0189. The smallest absolute Gasteiger partial charge is 0.264 e. The minimum atomic E-state index is -3.40. The third kappa shape index (κ3) is 4.08. The normalized spacial score (nSPS) is 21.2. The summed E-state index contributed by atoms with van der Waals surface area (Å²) in [5.41, 5.74) is 0.662. The van der Waals surface area contributed by atoms with Crippen LogP contribution in [0.4, 0.5) is 0 Å². The summed E-state index contributed by atoms with van der Waals surface area (Å²) in [4.78, 5) is 0. The van der Waals surface area contributed by atoms with Crippen LogP contribution < -0.4 is 0 Å². The van der Waals surface area contributed by atoms with Gasteiger partial charge in [0, 0.05) is 19.4 Å². The summed E-state index contributed by atoms with van der Waals surface area (Å²) in [6, 6.07) is 0. The molecule has 0 aliphatic carbocycles. The lowest BCUT2D eigenvalue weighted by molar-refractivity contribution is -0.190. The molecule has 0 radical (unpaired) electrons. The molecular formula is C8H14O5S. The highest BCUT2D eigenvalue weighted by Gasteiger charge is 2.23. The Morgan fingerprint density at radius 3 is 2.64 bits per heavy atom. The van der Waals surface area contributed by atoms with Gasteiger partial charge in [-0.05, 0) is 0 Å². The van der Waals surface area contributed by atoms with Gasteiger partial charge < -0.3 is 9.47 Å². The van der Waals surface area contributed by atoms with Gasteiger partial charge in [-0.3, -0.25) is 4.18 Å². The summed E-state index contributed by atoms with van der Waals surface area (Å²) in [5, 5.41) is 0. The van der Waals surface area contributed by atoms with E-state index in [9.17, 15) is 8.42 Å². The van der Waals surface area contributed by atoms with E-state index < -0.39 is 15.9 Å². The van der Waals surface area contributed by atoms with E-state index in [1.54, 1.807) is 13.8 Å². The second-order valence-corrected chi connectivity index (χ2v) is 5.19. The zero-order valence-electron chi connectivity index (χ0n) is 8.44. The molecule has 1 aliphatic heterocycles. The molecule has 0 N–H and O–H groups in total. The first-order valence-corrected chi connectivity index (χ1v) is 5.94. The number of hydrogen-bond donors (Lipinski definition) is 0. The molecular weight excluding hydrogens is 208 g/mol. The lowest BCUT2D eigenvalue weighted by atomic mass is 10.3. The predicted octanol–water partition coefficient (Wildman–Crippen LogP) is 0.629. The third-order valence-corrected chi connectivity index (χ3v) is 2.12. The zero-order valence-corrected chi connectivity index (χ0v) is 9.26. The second kappa shape index (κ2) is 3.88. The standard InChI is InChI=1S/C8H14O5S/c1-8(2)11-4-7(5-12-8)6-13-14(3,9)10/h4H,5-6H2,1-3H3. The summed E-state index contributed by atoms with van der Waals surface area (Å²) in [6.07, 6.45) is 2.48. The van der Waals surface area contributed by atoms with Crippen LogP contribution in [0.1, 0.15) is 13.8 Å². The van der Waals surface area contributed by atoms with Gasteiger partial charge in [0.1, 0.15) is 0 Å². The third-order valence-electron chi connectivity index (χ3n) is 1.57. The first-order chi connectivity index (χ1) is 6.29. The topological polar surface area (TPSA) is 61.8 Å². The molecule has 1 aliphatic rings. The highest BCUT2D eigenvalue weighted by molar-refractivity contribution is 7.85. The fourth-order valence-corrected chi connectivity index (χ4v) is 1.18. The van der Waals surface area contributed by atoms with E-state index in [-0.39, 0.29) is 6.61 Å². The Labute approximate surface area is 83.8 Å². The fourth-order valence-electron chi connectivity index (χ4n) is 0.818. The predicted molar refractivity (Wildman–Crippen MR) is 50.0 cm³/mol. The Bertz CT molecular complexity index is 328. The van der Waals surface area contributed by atoms with Crippen LogP contribution in [0.3, 0.4) is 0 Å². The van der Waals surface area contributed by atoms with Crippen molar-refractivity contribution in [2.24, 2.45) is 0 Å². The van der Waals surface area contributed by atoms with Crippen molar-refractivity contribution < 1.29 is 22.1 Å². The molecule has 0 saturated carbocycles. The van der Waals surface area contributed by atoms with Crippen LogP contribution in [0.2, 0.25) is 0 Å². The van der Waals surface area contributed by atoms with Gasteiger partial charge in [0.25, 0.3) is 10.1 Å². The van der Waals surface area contributed by atoms with E-state index in [0.717, 1.165) is 6.26 Å². The van der Waals surface area contributed by atoms with Gasteiger partial charge in [-0.25, -0.2) is 0 Å². The van der Waals surface area contributed by atoms with E-state index in [2.05, 4.69) is 4.18 Å². The maximum Gasteiger partial charge on any atom is 0.264 e. The van der Waals surface area contributed by atoms with Crippen LogP contribution in [0.5, 0.6) is 0 Å². The van der Waals surface area contributed by atoms with E-state index >= 15 is 0 Å². The molecule has 14 heavy (non-hydrogen) atoms. The Morgan fingerprint density at radius 1 is 1.57 bits per heavy atom. The van der Waals surface area contributed by atoms with Gasteiger partial charge in [0.2, 0.25) is 5.79 Å². The largest absolute Gasteiger partial charge is 0.470 e. The van der Waals surface area contributed by atoms with Crippen molar-refractivity contribution >= 4 is 10.1 Å². The average molecular weight is 222 g/mol. The van der Waals surface area contributed by atoms with Crippen LogP contribution in [-0.4, -0.2) is 33.7 Å². The van der Waals surface area contributed by atoms with Gasteiger partial charge in [-0.1, -0.05) is 0 Å². The highest BCUT2D eigenvalue weighted by atomic mass is 32.2. The second-order valence-electron chi connectivity index (χ2n) is 3.55. The molecule has 0 bridgehead atoms. The van der Waals surface area contributed by atoms with Crippen molar-refractivity contribution in [2.75, 3.05) is 19.5 Å². The first-order valence-electron chi connectivity index (χ1n) is 4.13. The van der Waals surface area contributed by atoms with E-state index in [0.29, 0.717) is 12.2 Å². The molecule has 1 rings (SSSR count). The van der Waals surface area contributed by atoms with E-state index in [4.69, 9.17) is 9.47 Å². The minimum Gasteiger partial charge on any atom is -0.470 e. The van der Waals surface area contributed by atoms with Crippen molar-refractivity contribution in [1.29, 1.82) is 0 Å². The SMILES string of the molecule is CC1(C)OC=C(COS(C)(=O)=O)CO1. The van der Waals surface area contributed by atoms with Crippen molar-refractivity contribution in [3.8, 4) is 0 Å². The van der Waals surface area contributed by atoms with Gasteiger partial charge >= 0.3 is 0 Å². The molecule has 0 aromatic heterocycles. The lowest BCUT2D eigenvalue weighted by Crippen LogP contribution is -2.31. The molecule has 0 fully saturated rings. The molecule has 1 heterocycles. The van der Waals surface area contributed by atoms with Gasteiger partial charge in [0.15, 0.2) is 0 Å². The van der Waals surface area contributed by atoms with Crippen LogP contribution in [0.15, 0.2) is 11.8 Å². The fraction of sp³-hybridized carbons (Fsp3) is 0.750.